The van der Waals surface area contributed by atoms with Crippen molar-refractivity contribution >= 4 is 0 Å². The fraction of sp³-hybridized carbons (Fsp3) is 0.593. The SMILES string of the molecule is N#C/C(F)=C/C=C/C1CCC(C2CCC(CCCCc3ccc(F)cc3)CC2)CC1. The summed E-state index contributed by atoms with van der Waals surface area (Å²) < 4.78 is 25.8. The number of nitriles is 1. The summed E-state index contributed by atoms with van der Waals surface area (Å²) in [6.45, 7) is 0. The molecule has 0 atom stereocenters. The van der Waals surface area contributed by atoms with E-state index in [2.05, 4.69) is 6.08 Å². The lowest BCUT2D eigenvalue weighted by molar-refractivity contribution is 0.151. The normalized spacial score (nSPS) is 27.8. The van der Waals surface area contributed by atoms with Crippen LogP contribution >= 0.6 is 0 Å². The number of hydrogen-bond acceptors (Lipinski definition) is 1. The van der Waals surface area contributed by atoms with E-state index in [1.807, 2.05) is 12.1 Å². The second-order valence-electron chi connectivity index (χ2n) is 9.34. The van der Waals surface area contributed by atoms with Gasteiger partial charge >= 0.3 is 0 Å². The predicted molar refractivity (Wildman–Crippen MR) is 119 cm³/mol. The van der Waals surface area contributed by atoms with Gasteiger partial charge in [0.05, 0.1) is 0 Å². The molecule has 0 amide bonds. The molecule has 3 rings (SSSR count). The van der Waals surface area contributed by atoms with Gasteiger partial charge in [0.2, 0.25) is 0 Å². The van der Waals surface area contributed by atoms with Crippen molar-refractivity contribution in [3.63, 3.8) is 0 Å². The van der Waals surface area contributed by atoms with Gasteiger partial charge < -0.3 is 0 Å². The first-order valence-corrected chi connectivity index (χ1v) is 11.8. The quantitative estimate of drug-likeness (QED) is 0.241. The van der Waals surface area contributed by atoms with E-state index in [1.165, 1.54) is 88.3 Å². The van der Waals surface area contributed by atoms with Crippen LogP contribution < -0.4 is 0 Å². The Bertz CT molecular complexity index is 727. The topological polar surface area (TPSA) is 23.8 Å². The Labute approximate surface area is 180 Å². The summed E-state index contributed by atoms with van der Waals surface area (Å²) in [6, 6.07) is 8.45. The fourth-order valence-corrected chi connectivity index (χ4v) is 5.50. The Balaban J connectivity index is 1.28. The highest BCUT2D eigenvalue weighted by atomic mass is 19.1. The molecule has 0 N–H and O–H groups in total. The summed E-state index contributed by atoms with van der Waals surface area (Å²) >= 11 is 0. The van der Waals surface area contributed by atoms with Gasteiger partial charge in [-0.15, -0.1) is 0 Å². The van der Waals surface area contributed by atoms with Crippen LogP contribution in [0.5, 0.6) is 0 Å². The van der Waals surface area contributed by atoms with Gasteiger partial charge in [0.15, 0.2) is 5.83 Å². The summed E-state index contributed by atoms with van der Waals surface area (Å²) in [6.07, 6.45) is 20.5. The molecule has 2 fully saturated rings. The zero-order valence-corrected chi connectivity index (χ0v) is 18.0. The minimum Gasteiger partial charge on any atom is -0.207 e. The van der Waals surface area contributed by atoms with Crippen LogP contribution in [0.4, 0.5) is 8.78 Å². The average molecular weight is 412 g/mol. The first kappa shape index (κ1) is 22.7. The molecule has 0 saturated heterocycles. The van der Waals surface area contributed by atoms with Gasteiger partial charge in [-0.05, 0) is 98.8 Å². The van der Waals surface area contributed by atoms with E-state index in [-0.39, 0.29) is 5.82 Å². The second kappa shape index (κ2) is 12.0. The minimum absolute atomic E-state index is 0.149. The molecule has 3 heteroatoms. The number of hydrogen-bond donors (Lipinski definition) is 0. The number of nitrogens with zero attached hydrogens (tertiary/aromatic N) is 1. The highest BCUT2D eigenvalue weighted by Crippen LogP contribution is 2.42. The molecule has 1 aromatic rings. The van der Waals surface area contributed by atoms with Crippen LogP contribution in [0, 0.1) is 40.8 Å². The number of allylic oxidation sites excluding steroid dienone is 4. The third kappa shape index (κ3) is 7.38. The van der Waals surface area contributed by atoms with Crippen LogP contribution in [0.2, 0.25) is 0 Å². The smallest absolute Gasteiger partial charge is 0.199 e. The second-order valence-corrected chi connectivity index (χ2v) is 9.34. The molecule has 1 nitrogen and oxygen atoms in total. The number of aryl methyl sites for hydroxylation is 1. The number of halogens is 2. The fourth-order valence-electron chi connectivity index (χ4n) is 5.50. The average Bonchev–Trinajstić information content (AvgIpc) is 2.79. The van der Waals surface area contributed by atoms with Crippen LogP contribution in [-0.2, 0) is 6.42 Å². The molecular weight excluding hydrogens is 376 g/mol. The Morgan fingerprint density at radius 3 is 2.20 bits per heavy atom. The standard InChI is InChI=1S/C27H35F2N/c28-26-18-12-22(13-19-26)5-2-1-4-21-8-14-24(15-9-21)25-16-10-23(11-17-25)6-3-7-27(29)20-30/h3,6-7,12-13,18-19,21,23-25H,1-2,4-5,8-11,14-17H2/b6-3+,27-7-. The zero-order chi connectivity index (χ0) is 21.2. The predicted octanol–water partition coefficient (Wildman–Crippen LogP) is 8.08. The van der Waals surface area contributed by atoms with E-state index < -0.39 is 5.83 Å². The van der Waals surface area contributed by atoms with Gasteiger partial charge in [0.25, 0.3) is 0 Å². The molecule has 2 saturated carbocycles. The molecule has 0 aromatic heterocycles. The van der Waals surface area contributed by atoms with Crippen molar-refractivity contribution in [2.24, 2.45) is 23.7 Å². The molecule has 0 unspecified atom stereocenters. The Morgan fingerprint density at radius 2 is 1.57 bits per heavy atom. The van der Waals surface area contributed by atoms with Gasteiger partial charge in [-0.2, -0.15) is 9.65 Å². The van der Waals surface area contributed by atoms with Crippen LogP contribution in [-0.4, -0.2) is 0 Å². The van der Waals surface area contributed by atoms with Gasteiger partial charge in [-0.3, -0.25) is 0 Å². The summed E-state index contributed by atoms with van der Waals surface area (Å²) in [4.78, 5) is 0. The highest BCUT2D eigenvalue weighted by molar-refractivity contribution is 5.19. The van der Waals surface area contributed by atoms with Gasteiger partial charge in [0, 0.05) is 0 Å². The molecule has 162 valence electrons. The van der Waals surface area contributed by atoms with E-state index in [4.69, 9.17) is 5.26 Å². The first-order chi connectivity index (χ1) is 14.6. The molecule has 0 heterocycles. The van der Waals surface area contributed by atoms with Crippen LogP contribution in [0.3, 0.4) is 0 Å². The number of rotatable bonds is 8. The molecule has 30 heavy (non-hydrogen) atoms. The minimum atomic E-state index is -0.716. The maximum Gasteiger partial charge on any atom is 0.199 e. The van der Waals surface area contributed by atoms with Crippen molar-refractivity contribution in [1.29, 1.82) is 5.26 Å². The summed E-state index contributed by atoms with van der Waals surface area (Å²) in [5.74, 6) is 2.36. The molecular formula is C27H35F2N. The summed E-state index contributed by atoms with van der Waals surface area (Å²) in [7, 11) is 0. The third-order valence-corrected chi connectivity index (χ3v) is 7.35. The van der Waals surface area contributed by atoms with Crippen LogP contribution in [0.25, 0.3) is 0 Å². The molecule has 0 spiro atoms. The van der Waals surface area contributed by atoms with Crippen LogP contribution in [0.1, 0.15) is 76.2 Å². The van der Waals surface area contributed by atoms with Crippen molar-refractivity contribution in [2.75, 3.05) is 0 Å². The molecule has 2 aliphatic rings. The first-order valence-electron chi connectivity index (χ1n) is 11.8. The lowest BCUT2D eigenvalue weighted by Crippen LogP contribution is -2.25. The molecule has 2 aliphatic carbocycles. The van der Waals surface area contributed by atoms with Gasteiger partial charge in [-0.1, -0.05) is 50.0 Å². The van der Waals surface area contributed by atoms with E-state index in [9.17, 15) is 8.78 Å². The van der Waals surface area contributed by atoms with E-state index >= 15 is 0 Å². The summed E-state index contributed by atoms with van der Waals surface area (Å²) in [5, 5.41) is 8.45. The largest absolute Gasteiger partial charge is 0.207 e. The van der Waals surface area contributed by atoms with E-state index in [0.29, 0.717) is 5.92 Å². The Morgan fingerprint density at radius 1 is 0.933 bits per heavy atom. The third-order valence-electron chi connectivity index (χ3n) is 7.35. The Hall–Kier alpha value is -1.95. The highest BCUT2D eigenvalue weighted by Gasteiger charge is 2.30. The molecule has 0 bridgehead atoms. The maximum atomic E-state index is 13.0. The number of benzene rings is 1. The number of unbranched alkanes of at least 4 members (excludes halogenated alkanes) is 1. The van der Waals surface area contributed by atoms with Crippen molar-refractivity contribution in [3.8, 4) is 6.07 Å². The van der Waals surface area contributed by atoms with Crippen molar-refractivity contribution in [1.82, 2.24) is 0 Å². The molecule has 0 radical (unpaired) electrons. The zero-order valence-electron chi connectivity index (χ0n) is 18.0. The van der Waals surface area contributed by atoms with E-state index in [1.54, 1.807) is 18.2 Å². The maximum absolute atomic E-state index is 13.0. The summed E-state index contributed by atoms with van der Waals surface area (Å²) in [5.41, 5.74) is 1.25. The van der Waals surface area contributed by atoms with Gasteiger partial charge in [0.1, 0.15) is 11.9 Å². The van der Waals surface area contributed by atoms with Gasteiger partial charge in [-0.25, -0.2) is 4.39 Å². The lowest BCUT2D eigenvalue weighted by Gasteiger charge is -2.37. The monoisotopic (exact) mass is 411 g/mol. The Kier molecular flexibility index (Phi) is 9.12. The lowest BCUT2D eigenvalue weighted by atomic mass is 9.68. The van der Waals surface area contributed by atoms with Crippen molar-refractivity contribution < 1.29 is 8.78 Å². The van der Waals surface area contributed by atoms with Crippen LogP contribution in [0.15, 0.2) is 48.3 Å². The molecule has 0 aliphatic heterocycles. The van der Waals surface area contributed by atoms with Crippen molar-refractivity contribution in [3.05, 3.63) is 59.7 Å². The van der Waals surface area contributed by atoms with E-state index in [0.717, 1.165) is 24.2 Å². The molecule has 1 aromatic carbocycles. The van der Waals surface area contributed by atoms with Crippen molar-refractivity contribution in [2.45, 2.75) is 77.0 Å².